The van der Waals surface area contributed by atoms with E-state index in [0.29, 0.717) is 0 Å². The molecule has 3 heterocycles. The molecule has 2 aliphatic rings. The number of fused-ring (bicyclic) bond motifs is 7. The SMILES string of the molecule is Cc1ccc(N(c2ccc3c(c2)Oc2c(-c4ccccc4)ccc4c2B3c2ccccc2N4c2ccccc2)c2ccc3c(c2)c2ccccc2n3-c2ccccc2)cc1. The second-order valence-corrected chi connectivity index (χ2v) is 15.8. The Hall–Kier alpha value is -7.76. The third-order valence-corrected chi connectivity index (χ3v) is 12.3. The van der Waals surface area contributed by atoms with Crippen LogP contribution in [-0.4, -0.2) is 11.3 Å². The van der Waals surface area contributed by atoms with Crippen LogP contribution in [0.1, 0.15) is 5.56 Å². The van der Waals surface area contributed by atoms with Crippen LogP contribution in [0.4, 0.5) is 34.1 Å². The van der Waals surface area contributed by atoms with Gasteiger partial charge in [-0.05, 0) is 114 Å². The summed E-state index contributed by atoms with van der Waals surface area (Å²) in [5.41, 5.74) is 17.2. The number of anilines is 6. The van der Waals surface area contributed by atoms with Gasteiger partial charge in [0.1, 0.15) is 11.5 Å². The number of hydrogen-bond donors (Lipinski definition) is 0. The van der Waals surface area contributed by atoms with Crippen LogP contribution in [0, 0.1) is 6.92 Å². The molecule has 4 nitrogen and oxygen atoms in total. The van der Waals surface area contributed by atoms with Gasteiger partial charge >= 0.3 is 0 Å². The van der Waals surface area contributed by atoms with Crippen molar-refractivity contribution in [3.05, 3.63) is 218 Å². The third kappa shape index (κ3) is 5.33. The maximum absolute atomic E-state index is 7.31. The summed E-state index contributed by atoms with van der Waals surface area (Å²) >= 11 is 0. The molecule has 2 aliphatic heterocycles. The van der Waals surface area contributed by atoms with Gasteiger partial charge in [0.25, 0.3) is 6.71 Å². The highest BCUT2D eigenvalue weighted by Gasteiger charge is 2.43. The summed E-state index contributed by atoms with van der Waals surface area (Å²) in [6.45, 7) is 2.11. The zero-order chi connectivity index (χ0) is 39.7. The minimum atomic E-state index is -0.0269. The van der Waals surface area contributed by atoms with Gasteiger partial charge < -0.3 is 19.1 Å². The maximum atomic E-state index is 7.31. The van der Waals surface area contributed by atoms with E-state index in [0.717, 1.165) is 62.2 Å². The highest BCUT2D eigenvalue weighted by Crippen LogP contribution is 2.46. The van der Waals surface area contributed by atoms with Crippen molar-refractivity contribution in [2.24, 2.45) is 0 Å². The van der Waals surface area contributed by atoms with E-state index < -0.39 is 0 Å². The van der Waals surface area contributed by atoms with Crippen molar-refractivity contribution in [2.45, 2.75) is 6.92 Å². The summed E-state index contributed by atoms with van der Waals surface area (Å²) in [5, 5.41) is 2.42. The molecule has 10 aromatic rings. The second-order valence-electron chi connectivity index (χ2n) is 15.8. The van der Waals surface area contributed by atoms with Crippen LogP contribution < -0.4 is 30.9 Å². The lowest BCUT2D eigenvalue weighted by molar-refractivity contribution is 0.489. The fraction of sp³-hybridized carbons (Fsp3) is 0.0182. The van der Waals surface area contributed by atoms with Crippen molar-refractivity contribution >= 4 is 79.0 Å². The fourth-order valence-corrected chi connectivity index (χ4v) is 9.61. The monoisotopic (exact) mass is 767 g/mol. The summed E-state index contributed by atoms with van der Waals surface area (Å²) in [5.74, 6) is 1.77. The lowest BCUT2D eigenvalue weighted by atomic mass is 9.34. The number of aromatic nitrogens is 1. The number of benzene rings is 9. The molecule has 0 aliphatic carbocycles. The Bertz CT molecular complexity index is 3250. The largest absolute Gasteiger partial charge is 0.458 e. The van der Waals surface area contributed by atoms with E-state index in [1.165, 1.54) is 44.0 Å². The zero-order valence-electron chi connectivity index (χ0n) is 33.0. The first-order chi connectivity index (χ1) is 29.7. The van der Waals surface area contributed by atoms with Gasteiger partial charge in [-0.3, -0.25) is 0 Å². The van der Waals surface area contributed by atoms with Crippen LogP contribution in [-0.2, 0) is 0 Å². The first-order valence-electron chi connectivity index (χ1n) is 20.6. The molecule has 12 rings (SSSR count). The molecule has 0 saturated carbocycles. The predicted octanol–water partition coefficient (Wildman–Crippen LogP) is 12.6. The summed E-state index contributed by atoms with van der Waals surface area (Å²) in [7, 11) is 0. The molecule has 0 bridgehead atoms. The van der Waals surface area contributed by atoms with E-state index in [4.69, 9.17) is 4.74 Å². The minimum absolute atomic E-state index is 0.0269. The summed E-state index contributed by atoms with van der Waals surface area (Å²) in [4.78, 5) is 4.76. The number of nitrogens with zero attached hydrogens (tertiary/aromatic N) is 3. The molecule has 0 spiro atoms. The molecule has 0 unspecified atom stereocenters. The molecule has 0 atom stereocenters. The number of rotatable bonds is 6. The molecular formula is C55H38BN3O. The van der Waals surface area contributed by atoms with E-state index in [2.05, 4.69) is 234 Å². The van der Waals surface area contributed by atoms with Gasteiger partial charge in [-0.15, -0.1) is 0 Å². The Morgan fingerprint density at radius 1 is 0.467 bits per heavy atom. The Kier molecular flexibility index (Phi) is 7.82. The molecule has 5 heteroatoms. The van der Waals surface area contributed by atoms with Crippen molar-refractivity contribution < 1.29 is 4.74 Å². The Balaban J connectivity index is 1.07. The average molecular weight is 768 g/mol. The van der Waals surface area contributed by atoms with Gasteiger partial charge in [-0.2, -0.15) is 0 Å². The van der Waals surface area contributed by atoms with Gasteiger partial charge in [-0.25, -0.2) is 0 Å². The standard InChI is InChI=1S/C55H38BN3O/c1-37-25-27-41(28-26-37)57(42-30-33-50-46(35-42)45-21-11-13-23-49(45)58(50)39-17-7-3-8-18-39)43-29-32-48-53(36-43)60-55-44(38-15-5-2-6-16-38)31-34-52-54(55)56(48)47-22-12-14-24-51(47)59(52)40-19-9-4-10-20-40/h2-36H,1H3. The quantitative estimate of drug-likeness (QED) is 0.157. The topological polar surface area (TPSA) is 20.6 Å². The summed E-state index contributed by atoms with van der Waals surface area (Å²) < 4.78 is 9.68. The van der Waals surface area contributed by atoms with E-state index >= 15 is 0 Å². The van der Waals surface area contributed by atoms with Crippen LogP contribution in [0.15, 0.2) is 212 Å². The Morgan fingerprint density at radius 2 is 1.10 bits per heavy atom. The molecule has 9 aromatic carbocycles. The minimum Gasteiger partial charge on any atom is -0.458 e. The zero-order valence-corrected chi connectivity index (χ0v) is 33.0. The first kappa shape index (κ1) is 34.3. The Labute approximate surface area is 349 Å². The van der Waals surface area contributed by atoms with Crippen LogP contribution >= 0.6 is 0 Å². The predicted molar refractivity (Wildman–Crippen MR) is 251 cm³/mol. The van der Waals surface area contributed by atoms with Crippen molar-refractivity contribution in [3.8, 4) is 28.3 Å². The first-order valence-corrected chi connectivity index (χ1v) is 20.6. The van der Waals surface area contributed by atoms with Crippen molar-refractivity contribution in [1.82, 2.24) is 4.57 Å². The van der Waals surface area contributed by atoms with Gasteiger partial charge in [0.15, 0.2) is 0 Å². The van der Waals surface area contributed by atoms with Crippen molar-refractivity contribution in [3.63, 3.8) is 0 Å². The normalized spacial score (nSPS) is 12.5. The number of ether oxygens (including phenoxy) is 1. The van der Waals surface area contributed by atoms with Crippen LogP contribution in [0.3, 0.4) is 0 Å². The Morgan fingerprint density at radius 3 is 1.90 bits per heavy atom. The van der Waals surface area contributed by atoms with E-state index in [1.54, 1.807) is 0 Å². The highest BCUT2D eigenvalue weighted by molar-refractivity contribution is 6.99. The lowest BCUT2D eigenvalue weighted by Gasteiger charge is -2.40. The van der Waals surface area contributed by atoms with Crippen molar-refractivity contribution in [2.75, 3.05) is 9.80 Å². The lowest BCUT2D eigenvalue weighted by Crippen LogP contribution is -2.59. The highest BCUT2D eigenvalue weighted by atomic mass is 16.5. The second kappa shape index (κ2) is 13.7. The summed E-state index contributed by atoms with van der Waals surface area (Å²) in [6.07, 6.45) is 0. The van der Waals surface area contributed by atoms with Crippen LogP contribution in [0.25, 0.3) is 38.6 Å². The molecule has 0 saturated heterocycles. The molecular weight excluding hydrogens is 729 g/mol. The number of hydrogen-bond acceptors (Lipinski definition) is 3. The maximum Gasteiger partial charge on any atom is 0.256 e. The molecule has 0 N–H and O–H groups in total. The van der Waals surface area contributed by atoms with E-state index in [1.807, 2.05) is 0 Å². The van der Waals surface area contributed by atoms with Crippen LogP contribution in [0.5, 0.6) is 11.5 Å². The molecule has 282 valence electrons. The molecule has 0 fully saturated rings. The van der Waals surface area contributed by atoms with E-state index in [9.17, 15) is 0 Å². The van der Waals surface area contributed by atoms with Gasteiger partial charge in [0, 0.05) is 62.2 Å². The third-order valence-electron chi connectivity index (χ3n) is 12.3. The van der Waals surface area contributed by atoms with E-state index in [-0.39, 0.29) is 6.71 Å². The van der Waals surface area contributed by atoms with Gasteiger partial charge in [-0.1, -0.05) is 127 Å². The molecule has 0 amide bonds. The van der Waals surface area contributed by atoms with Crippen molar-refractivity contribution in [1.29, 1.82) is 0 Å². The fourth-order valence-electron chi connectivity index (χ4n) is 9.61. The average Bonchev–Trinajstić information content (AvgIpc) is 3.64. The molecule has 1 aromatic heterocycles. The summed E-state index contributed by atoms with van der Waals surface area (Å²) in [6, 6.07) is 76.6. The molecule has 0 radical (unpaired) electrons. The van der Waals surface area contributed by atoms with Gasteiger partial charge in [0.2, 0.25) is 0 Å². The van der Waals surface area contributed by atoms with Crippen LogP contribution in [0.2, 0.25) is 0 Å². The molecule has 60 heavy (non-hydrogen) atoms. The van der Waals surface area contributed by atoms with Gasteiger partial charge in [0.05, 0.1) is 11.0 Å². The number of para-hydroxylation sites is 4. The number of aryl methyl sites for hydroxylation is 1. The smallest absolute Gasteiger partial charge is 0.256 e.